The molecule has 2 heterocycles. The van der Waals surface area contributed by atoms with Crippen LogP contribution in [0.4, 0.5) is 0 Å². The van der Waals surface area contributed by atoms with E-state index in [1.54, 1.807) is 10.8 Å². The van der Waals surface area contributed by atoms with Crippen LogP contribution >= 0.6 is 0 Å². The lowest BCUT2D eigenvalue weighted by Gasteiger charge is -2.32. The van der Waals surface area contributed by atoms with Crippen LogP contribution in [-0.2, 0) is 14.1 Å². The number of fused-ring (bicyclic) bond motifs is 1. The number of para-hydroxylation sites is 1. The van der Waals surface area contributed by atoms with Crippen molar-refractivity contribution in [3.63, 3.8) is 0 Å². The van der Waals surface area contributed by atoms with Gasteiger partial charge in [0, 0.05) is 11.7 Å². The zero-order valence-electron chi connectivity index (χ0n) is 12.2. The Morgan fingerprint density at radius 3 is 2.30 bits per heavy atom. The standard InChI is InChI=1S/C15H18BNO3/c1-14(2)15(3,4)20-16(19-14)12-9-17(10-18)13-8-6-5-7-11(12)13/h5-10H,1-4H3. The summed E-state index contributed by atoms with van der Waals surface area (Å²) in [5.41, 5.74) is 0.989. The van der Waals surface area contributed by atoms with Crippen molar-refractivity contribution in [2.45, 2.75) is 38.9 Å². The molecule has 2 aromatic rings. The van der Waals surface area contributed by atoms with Gasteiger partial charge >= 0.3 is 7.12 Å². The zero-order valence-corrected chi connectivity index (χ0v) is 12.2. The van der Waals surface area contributed by atoms with E-state index >= 15 is 0 Å². The van der Waals surface area contributed by atoms with E-state index in [0.717, 1.165) is 22.8 Å². The van der Waals surface area contributed by atoms with Gasteiger partial charge in [0.15, 0.2) is 0 Å². The van der Waals surface area contributed by atoms with E-state index < -0.39 is 7.12 Å². The Morgan fingerprint density at radius 1 is 1.10 bits per heavy atom. The molecule has 0 radical (unpaired) electrons. The average molecular weight is 271 g/mol. The zero-order chi connectivity index (χ0) is 14.5. The van der Waals surface area contributed by atoms with Crippen molar-refractivity contribution in [3.8, 4) is 0 Å². The van der Waals surface area contributed by atoms with Crippen molar-refractivity contribution in [3.05, 3.63) is 30.5 Å². The van der Waals surface area contributed by atoms with Gasteiger partial charge in [0.2, 0.25) is 6.41 Å². The van der Waals surface area contributed by atoms with Gasteiger partial charge in [-0.15, -0.1) is 0 Å². The minimum atomic E-state index is -0.453. The fourth-order valence-corrected chi connectivity index (χ4v) is 2.48. The molecule has 1 aliphatic heterocycles. The summed E-state index contributed by atoms with van der Waals surface area (Å²) in [5, 5.41) is 0.984. The van der Waals surface area contributed by atoms with Crippen LogP contribution < -0.4 is 5.46 Å². The highest BCUT2D eigenvalue weighted by atomic mass is 16.7. The minimum absolute atomic E-state index is 0.387. The molecule has 1 fully saturated rings. The SMILES string of the molecule is CC1(C)OB(c2cn(C=O)c3ccccc23)OC1(C)C. The second-order valence-electron chi connectivity index (χ2n) is 6.20. The summed E-state index contributed by atoms with van der Waals surface area (Å²) >= 11 is 0. The van der Waals surface area contributed by atoms with Gasteiger partial charge in [-0.2, -0.15) is 0 Å². The molecule has 20 heavy (non-hydrogen) atoms. The number of carbonyl (C=O) groups excluding carboxylic acids is 1. The summed E-state index contributed by atoms with van der Waals surface area (Å²) in [6.07, 6.45) is 2.59. The Bertz CT molecular complexity index is 659. The smallest absolute Gasteiger partial charge is 0.399 e. The van der Waals surface area contributed by atoms with E-state index in [0.29, 0.717) is 0 Å². The minimum Gasteiger partial charge on any atom is -0.399 e. The number of rotatable bonds is 2. The summed E-state index contributed by atoms with van der Waals surface area (Å²) in [7, 11) is -0.453. The van der Waals surface area contributed by atoms with Crippen molar-refractivity contribution in [1.29, 1.82) is 0 Å². The first-order valence-electron chi connectivity index (χ1n) is 6.76. The molecule has 1 aromatic heterocycles. The molecule has 0 aliphatic carbocycles. The highest BCUT2D eigenvalue weighted by molar-refractivity contribution is 6.65. The number of hydrogen-bond donors (Lipinski definition) is 0. The molecule has 3 rings (SSSR count). The highest BCUT2D eigenvalue weighted by Crippen LogP contribution is 2.37. The van der Waals surface area contributed by atoms with Crippen LogP contribution in [0.3, 0.4) is 0 Å². The summed E-state index contributed by atoms with van der Waals surface area (Å²) in [4.78, 5) is 11.2. The first-order chi connectivity index (χ1) is 9.36. The number of carbonyl (C=O) groups is 1. The topological polar surface area (TPSA) is 40.5 Å². The fourth-order valence-electron chi connectivity index (χ4n) is 2.48. The monoisotopic (exact) mass is 271 g/mol. The molecule has 1 aliphatic rings. The van der Waals surface area contributed by atoms with E-state index in [-0.39, 0.29) is 11.2 Å². The van der Waals surface area contributed by atoms with E-state index in [1.807, 2.05) is 52.0 Å². The van der Waals surface area contributed by atoms with Gasteiger partial charge in [-0.3, -0.25) is 9.36 Å². The van der Waals surface area contributed by atoms with Crippen LogP contribution in [0.25, 0.3) is 10.9 Å². The molecule has 104 valence electrons. The van der Waals surface area contributed by atoms with Crippen molar-refractivity contribution in [2.75, 3.05) is 0 Å². The second kappa shape index (κ2) is 4.20. The maximum Gasteiger partial charge on any atom is 0.497 e. The van der Waals surface area contributed by atoms with E-state index in [9.17, 15) is 4.79 Å². The van der Waals surface area contributed by atoms with Gasteiger partial charge in [0.05, 0.1) is 16.7 Å². The molecular formula is C15H18BNO3. The van der Waals surface area contributed by atoms with Crippen LogP contribution in [0, 0.1) is 0 Å². The van der Waals surface area contributed by atoms with Gasteiger partial charge in [0.1, 0.15) is 0 Å². The molecule has 1 aromatic carbocycles. The molecule has 1 saturated heterocycles. The van der Waals surface area contributed by atoms with Gasteiger partial charge < -0.3 is 9.31 Å². The number of aromatic nitrogens is 1. The summed E-state index contributed by atoms with van der Waals surface area (Å²) in [5.74, 6) is 0. The average Bonchev–Trinajstić information content (AvgIpc) is 2.85. The Hall–Kier alpha value is -1.59. The lowest BCUT2D eigenvalue weighted by Crippen LogP contribution is -2.41. The molecule has 0 unspecified atom stereocenters. The maximum absolute atomic E-state index is 11.2. The number of hydrogen-bond acceptors (Lipinski definition) is 3. The van der Waals surface area contributed by atoms with E-state index in [1.165, 1.54) is 0 Å². The van der Waals surface area contributed by atoms with Gasteiger partial charge in [0.25, 0.3) is 0 Å². The number of benzene rings is 1. The first-order valence-corrected chi connectivity index (χ1v) is 6.76. The van der Waals surface area contributed by atoms with Crippen molar-refractivity contribution in [1.82, 2.24) is 4.57 Å². The summed E-state index contributed by atoms with van der Waals surface area (Å²) in [6, 6.07) is 7.76. The Labute approximate surface area is 118 Å². The van der Waals surface area contributed by atoms with E-state index in [2.05, 4.69) is 0 Å². The molecule has 0 bridgehead atoms. The lowest BCUT2D eigenvalue weighted by atomic mass is 9.79. The molecule has 0 N–H and O–H groups in total. The van der Waals surface area contributed by atoms with Gasteiger partial charge in [-0.1, -0.05) is 18.2 Å². The van der Waals surface area contributed by atoms with Crippen molar-refractivity contribution < 1.29 is 14.1 Å². The fraction of sp³-hybridized carbons (Fsp3) is 0.400. The molecular weight excluding hydrogens is 253 g/mol. The van der Waals surface area contributed by atoms with Crippen LogP contribution in [-0.4, -0.2) is 29.3 Å². The lowest BCUT2D eigenvalue weighted by molar-refractivity contribution is 0.00578. The number of nitrogens with zero attached hydrogens (tertiary/aromatic N) is 1. The maximum atomic E-state index is 11.2. The third-order valence-electron chi connectivity index (χ3n) is 4.39. The van der Waals surface area contributed by atoms with Crippen LogP contribution in [0.15, 0.2) is 30.5 Å². The molecule has 0 saturated carbocycles. The Morgan fingerprint density at radius 2 is 1.70 bits per heavy atom. The summed E-state index contributed by atoms with van der Waals surface area (Å²) < 4.78 is 13.7. The normalized spacial score (nSPS) is 20.5. The van der Waals surface area contributed by atoms with E-state index in [4.69, 9.17) is 9.31 Å². The third-order valence-corrected chi connectivity index (χ3v) is 4.39. The highest BCUT2D eigenvalue weighted by Gasteiger charge is 2.52. The Balaban J connectivity index is 2.11. The molecule has 0 atom stereocenters. The summed E-state index contributed by atoms with van der Waals surface area (Å²) in [6.45, 7) is 8.08. The predicted molar refractivity (Wildman–Crippen MR) is 79.8 cm³/mol. The Kier molecular flexibility index (Phi) is 2.82. The predicted octanol–water partition coefficient (Wildman–Crippen LogP) is 1.98. The van der Waals surface area contributed by atoms with Gasteiger partial charge in [-0.25, -0.2) is 0 Å². The molecule has 4 nitrogen and oxygen atoms in total. The molecule has 5 heteroatoms. The van der Waals surface area contributed by atoms with Crippen LogP contribution in [0.2, 0.25) is 0 Å². The van der Waals surface area contributed by atoms with Crippen molar-refractivity contribution in [2.24, 2.45) is 0 Å². The largest absolute Gasteiger partial charge is 0.497 e. The van der Waals surface area contributed by atoms with Crippen molar-refractivity contribution >= 4 is 29.9 Å². The van der Waals surface area contributed by atoms with Gasteiger partial charge in [-0.05, 0) is 39.1 Å². The first kappa shape index (κ1) is 13.4. The van der Waals surface area contributed by atoms with Crippen LogP contribution in [0.5, 0.6) is 0 Å². The molecule has 0 spiro atoms. The second-order valence-corrected chi connectivity index (χ2v) is 6.20. The van der Waals surface area contributed by atoms with Crippen LogP contribution in [0.1, 0.15) is 27.7 Å². The third kappa shape index (κ3) is 1.81. The molecule has 0 amide bonds. The quantitative estimate of drug-likeness (QED) is 0.619.